The van der Waals surface area contributed by atoms with E-state index in [1.54, 1.807) is 42.5 Å². The van der Waals surface area contributed by atoms with Crippen molar-refractivity contribution in [3.63, 3.8) is 0 Å². The zero-order valence-corrected chi connectivity index (χ0v) is 17.5. The Hall–Kier alpha value is -2.65. The molecule has 0 aliphatic heterocycles. The molecule has 0 unspecified atom stereocenters. The van der Waals surface area contributed by atoms with Crippen LogP contribution in [-0.2, 0) is 26.2 Å². The maximum atomic E-state index is 12.3. The van der Waals surface area contributed by atoms with Crippen LogP contribution in [0.1, 0.15) is 31.4 Å². The molecule has 2 aromatic rings. The fourth-order valence-corrected chi connectivity index (χ4v) is 4.65. The molecule has 3 N–H and O–H groups in total. The molecule has 8 nitrogen and oxygen atoms in total. The van der Waals surface area contributed by atoms with E-state index in [0.717, 1.165) is 12.8 Å². The molecule has 1 aliphatic rings. The second kappa shape index (κ2) is 10.4. The van der Waals surface area contributed by atoms with Gasteiger partial charge in [-0.15, -0.1) is 0 Å². The molecule has 0 atom stereocenters. The molecule has 1 saturated carbocycles. The summed E-state index contributed by atoms with van der Waals surface area (Å²) in [6.45, 7) is 0.572. The standard InChI is InChI=1S/C21H27N3O5S/c25-20(22-14-18-5-4-12-29-18)15-23-21(26)17-10-8-16(9-11-17)13-24-30(27,28)19-6-2-1-3-7-19/h1-7,12,16-17,24H,8-11,13-15H2,(H,22,25)(H,23,26). The van der Waals surface area contributed by atoms with Crippen LogP contribution in [0, 0.1) is 11.8 Å². The Kier molecular flexibility index (Phi) is 7.64. The fraction of sp³-hybridized carbons (Fsp3) is 0.429. The van der Waals surface area contributed by atoms with Gasteiger partial charge in [-0.1, -0.05) is 18.2 Å². The van der Waals surface area contributed by atoms with Gasteiger partial charge >= 0.3 is 0 Å². The summed E-state index contributed by atoms with van der Waals surface area (Å²) in [4.78, 5) is 24.4. The maximum Gasteiger partial charge on any atom is 0.240 e. The van der Waals surface area contributed by atoms with Crippen LogP contribution in [0.4, 0.5) is 0 Å². The minimum Gasteiger partial charge on any atom is -0.467 e. The molecule has 0 spiro atoms. The number of carbonyl (C=O) groups excluding carboxylic acids is 2. The third-order valence-electron chi connectivity index (χ3n) is 5.30. The highest BCUT2D eigenvalue weighted by Gasteiger charge is 2.27. The summed E-state index contributed by atoms with van der Waals surface area (Å²) in [5, 5.41) is 5.36. The van der Waals surface area contributed by atoms with E-state index in [9.17, 15) is 18.0 Å². The van der Waals surface area contributed by atoms with Gasteiger partial charge in [-0.05, 0) is 55.9 Å². The second-order valence-corrected chi connectivity index (χ2v) is 9.22. The Morgan fingerprint density at radius 3 is 2.37 bits per heavy atom. The van der Waals surface area contributed by atoms with Crippen LogP contribution < -0.4 is 15.4 Å². The number of sulfonamides is 1. The van der Waals surface area contributed by atoms with Crippen LogP contribution >= 0.6 is 0 Å². The van der Waals surface area contributed by atoms with E-state index >= 15 is 0 Å². The predicted molar refractivity (Wildman–Crippen MR) is 111 cm³/mol. The van der Waals surface area contributed by atoms with Gasteiger partial charge < -0.3 is 15.1 Å². The third-order valence-corrected chi connectivity index (χ3v) is 6.74. The van der Waals surface area contributed by atoms with Crippen LogP contribution in [0.2, 0.25) is 0 Å². The summed E-state index contributed by atoms with van der Waals surface area (Å²) >= 11 is 0. The van der Waals surface area contributed by atoms with Crippen LogP contribution in [0.3, 0.4) is 0 Å². The lowest BCUT2D eigenvalue weighted by Crippen LogP contribution is -2.41. The molecular formula is C21H27N3O5S. The van der Waals surface area contributed by atoms with Crippen LogP contribution in [0.5, 0.6) is 0 Å². The van der Waals surface area contributed by atoms with Crippen molar-refractivity contribution < 1.29 is 22.4 Å². The number of amides is 2. The fourth-order valence-electron chi connectivity index (χ4n) is 3.51. The molecule has 0 radical (unpaired) electrons. The third kappa shape index (κ3) is 6.43. The molecule has 2 amide bonds. The smallest absolute Gasteiger partial charge is 0.240 e. The van der Waals surface area contributed by atoms with Gasteiger partial charge in [-0.2, -0.15) is 0 Å². The SMILES string of the molecule is O=C(CNC(=O)C1CCC(CNS(=O)(=O)c2ccccc2)CC1)NCc1ccco1. The van der Waals surface area contributed by atoms with Crippen molar-refractivity contribution >= 4 is 21.8 Å². The van der Waals surface area contributed by atoms with Crippen molar-refractivity contribution in [2.75, 3.05) is 13.1 Å². The molecule has 30 heavy (non-hydrogen) atoms. The molecule has 1 aromatic carbocycles. The first-order chi connectivity index (χ1) is 14.4. The zero-order chi connectivity index (χ0) is 21.4. The molecule has 0 saturated heterocycles. The molecule has 1 heterocycles. The van der Waals surface area contributed by atoms with E-state index in [2.05, 4.69) is 15.4 Å². The van der Waals surface area contributed by atoms with Crippen molar-refractivity contribution in [2.45, 2.75) is 37.1 Å². The van der Waals surface area contributed by atoms with E-state index in [1.165, 1.54) is 6.26 Å². The van der Waals surface area contributed by atoms with Gasteiger partial charge in [0, 0.05) is 12.5 Å². The first-order valence-corrected chi connectivity index (χ1v) is 11.5. The average Bonchev–Trinajstić information content (AvgIpc) is 3.29. The van der Waals surface area contributed by atoms with E-state index in [-0.39, 0.29) is 41.6 Å². The van der Waals surface area contributed by atoms with Gasteiger partial charge in [-0.3, -0.25) is 9.59 Å². The Morgan fingerprint density at radius 2 is 1.70 bits per heavy atom. The van der Waals surface area contributed by atoms with Gasteiger partial charge in [0.1, 0.15) is 5.76 Å². The largest absolute Gasteiger partial charge is 0.467 e. The molecule has 9 heteroatoms. The van der Waals surface area contributed by atoms with Gasteiger partial charge in [0.15, 0.2) is 0 Å². The van der Waals surface area contributed by atoms with E-state index < -0.39 is 10.0 Å². The number of furan rings is 1. The molecular weight excluding hydrogens is 406 g/mol. The normalized spacial score (nSPS) is 19.2. The Morgan fingerprint density at radius 1 is 0.967 bits per heavy atom. The number of rotatable bonds is 9. The van der Waals surface area contributed by atoms with Crippen molar-refractivity contribution in [2.24, 2.45) is 11.8 Å². The summed E-state index contributed by atoms with van der Waals surface area (Å²) < 4.78 is 32.4. The average molecular weight is 434 g/mol. The summed E-state index contributed by atoms with van der Waals surface area (Å²) in [7, 11) is -3.51. The quantitative estimate of drug-likeness (QED) is 0.557. The van der Waals surface area contributed by atoms with Gasteiger partial charge in [0.2, 0.25) is 21.8 Å². The summed E-state index contributed by atoms with van der Waals surface area (Å²) in [6.07, 6.45) is 4.42. The zero-order valence-electron chi connectivity index (χ0n) is 16.7. The van der Waals surface area contributed by atoms with Crippen molar-refractivity contribution in [3.05, 3.63) is 54.5 Å². The van der Waals surface area contributed by atoms with Crippen molar-refractivity contribution in [3.8, 4) is 0 Å². The Balaban J connectivity index is 1.34. The van der Waals surface area contributed by atoms with Gasteiger partial charge in [0.25, 0.3) is 0 Å². The molecule has 0 bridgehead atoms. The molecule has 162 valence electrons. The molecule has 1 aliphatic carbocycles. The number of carbonyl (C=O) groups is 2. The van der Waals surface area contributed by atoms with Crippen molar-refractivity contribution in [1.82, 2.24) is 15.4 Å². The summed E-state index contributed by atoms with van der Waals surface area (Å²) in [6, 6.07) is 11.8. The molecule has 3 rings (SSSR count). The number of nitrogens with one attached hydrogen (secondary N) is 3. The topological polar surface area (TPSA) is 118 Å². The predicted octanol–water partition coefficient (Wildman–Crippen LogP) is 1.80. The Bertz CT molecular complexity index is 921. The van der Waals surface area contributed by atoms with Crippen molar-refractivity contribution in [1.29, 1.82) is 0 Å². The summed E-state index contributed by atoms with van der Waals surface area (Å²) in [5.74, 6) is 0.292. The molecule has 1 aromatic heterocycles. The Labute approximate surface area is 176 Å². The lowest BCUT2D eigenvalue weighted by molar-refractivity contribution is -0.129. The highest BCUT2D eigenvalue weighted by atomic mass is 32.2. The van der Waals surface area contributed by atoms with Crippen LogP contribution in [-0.4, -0.2) is 33.3 Å². The minimum atomic E-state index is -3.51. The maximum absolute atomic E-state index is 12.3. The lowest BCUT2D eigenvalue weighted by Gasteiger charge is -2.27. The monoisotopic (exact) mass is 433 g/mol. The lowest BCUT2D eigenvalue weighted by atomic mass is 9.81. The van der Waals surface area contributed by atoms with Gasteiger partial charge in [0.05, 0.1) is 24.2 Å². The summed E-state index contributed by atoms with van der Waals surface area (Å²) in [5.41, 5.74) is 0. The van der Waals surface area contributed by atoms with Gasteiger partial charge in [-0.25, -0.2) is 13.1 Å². The highest BCUT2D eigenvalue weighted by Crippen LogP contribution is 2.28. The number of benzene rings is 1. The molecule has 1 fully saturated rings. The second-order valence-electron chi connectivity index (χ2n) is 7.46. The minimum absolute atomic E-state index is 0.0731. The number of hydrogen-bond acceptors (Lipinski definition) is 5. The first kappa shape index (κ1) is 22.0. The van der Waals surface area contributed by atoms with E-state index in [0.29, 0.717) is 25.1 Å². The van der Waals surface area contributed by atoms with E-state index in [4.69, 9.17) is 4.42 Å². The van der Waals surface area contributed by atoms with Crippen LogP contribution in [0.25, 0.3) is 0 Å². The van der Waals surface area contributed by atoms with Crippen LogP contribution in [0.15, 0.2) is 58.0 Å². The van der Waals surface area contributed by atoms with E-state index in [1.807, 2.05) is 0 Å². The first-order valence-electron chi connectivity index (χ1n) is 10.1. The number of hydrogen-bond donors (Lipinski definition) is 3. The highest BCUT2D eigenvalue weighted by molar-refractivity contribution is 7.89.